The van der Waals surface area contributed by atoms with Gasteiger partial charge in [0.1, 0.15) is 5.60 Å². The molecule has 4 nitrogen and oxygen atoms in total. The summed E-state index contributed by atoms with van der Waals surface area (Å²) in [4.78, 5) is 15.9. The average Bonchev–Trinajstić information content (AvgIpc) is 2.59. The Morgan fingerprint density at radius 1 is 1.35 bits per heavy atom. The number of nitrogens with zero attached hydrogens (tertiary/aromatic N) is 1. The number of aliphatic imine (C=N–C) groups is 1. The van der Waals surface area contributed by atoms with Crippen molar-refractivity contribution in [2.75, 3.05) is 0 Å². The van der Waals surface area contributed by atoms with Gasteiger partial charge in [-0.3, -0.25) is 9.79 Å². The number of esters is 1. The molecule has 114 valence electrons. The average molecular weight is 281 g/mol. The Labute approximate surface area is 121 Å². The minimum atomic E-state index is -0.687. The third kappa shape index (κ3) is 7.43. The molecule has 0 radical (unpaired) electrons. The van der Waals surface area contributed by atoms with Gasteiger partial charge >= 0.3 is 5.97 Å². The Bertz CT molecular complexity index is 408. The summed E-state index contributed by atoms with van der Waals surface area (Å²) in [6.07, 6.45) is 5.31. The monoisotopic (exact) mass is 281 g/mol. The van der Waals surface area contributed by atoms with Crippen LogP contribution < -0.4 is 0 Å². The SMILES string of the molecule is CC(C)(O)CC1=CN=C(CCCC(=O)OC(C)(C)C)C1. The van der Waals surface area contributed by atoms with Crippen molar-refractivity contribution in [3.05, 3.63) is 11.8 Å². The van der Waals surface area contributed by atoms with Gasteiger partial charge in [0.25, 0.3) is 0 Å². The van der Waals surface area contributed by atoms with Crippen LogP contribution in [0.3, 0.4) is 0 Å². The normalized spacial score (nSPS) is 15.9. The summed E-state index contributed by atoms with van der Waals surface area (Å²) >= 11 is 0. The van der Waals surface area contributed by atoms with Crippen molar-refractivity contribution in [3.63, 3.8) is 0 Å². The van der Waals surface area contributed by atoms with E-state index in [1.807, 2.05) is 27.0 Å². The summed E-state index contributed by atoms with van der Waals surface area (Å²) in [5, 5.41) is 9.77. The van der Waals surface area contributed by atoms with Crippen molar-refractivity contribution in [2.24, 2.45) is 4.99 Å². The highest BCUT2D eigenvalue weighted by Crippen LogP contribution is 2.24. The molecule has 0 saturated heterocycles. The molecule has 1 N–H and O–H groups in total. The maximum absolute atomic E-state index is 11.6. The Hall–Kier alpha value is -1.16. The molecule has 0 bridgehead atoms. The second kappa shape index (κ2) is 6.53. The van der Waals surface area contributed by atoms with E-state index in [0.717, 1.165) is 30.5 Å². The second-order valence-corrected chi connectivity index (χ2v) is 7.09. The van der Waals surface area contributed by atoms with Crippen molar-refractivity contribution in [3.8, 4) is 0 Å². The van der Waals surface area contributed by atoms with Crippen LogP contribution in [0, 0.1) is 0 Å². The molecule has 1 heterocycles. The maximum atomic E-state index is 11.6. The van der Waals surface area contributed by atoms with Gasteiger partial charge < -0.3 is 9.84 Å². The van der Waals surface area contributed by atoms with E-state index in [0.29, 0.717) is 12.8 Å². The van der Waals surface area contributed by atoms with Crippen molar-refractivity contribution >= 4 is 11.7 Å². The molecule has 0 spiro atoms. The number of rotatable bonds is 6. The van der Waals surface area contributed by atoms with Gasteiger partial charge in [-0.05, 0) is 59.5 Å². The first-order valence-corrected chi connectivity index (χ1v) is 7.23. The van der Waals surface area contributed by atoms with E-state index in [2.05, 4.69) is 4.99 Å². The molecule has 1 rings (SSSR count). The minimum Gasteiger partial charge on any atom is -0.460 e. The van der Waals surface area contributed by atoms with Crippen molar-refractivity contribution in [2.45, 2.75) is 77.9 Å². The zero-order valence-corrected chi connectivity index (χ0v) is 13.3. The third-order valence-electron chi connectivity index (χ3n) is 2.79. The number of ether oxygens (including phenoxy) is 1. The van der Waals surface area contributed by atoms with E-state index in [1.165, 1.54) is 0 Å². The first kappa shape index (κ1) is 16.9. The first-order valence-electron chi connectivity index (χ1n) is 7.23. The summed E-state index contributed by atoms with van der Waals surface area (Å²) in [7, 11) is 0. The molecule has 0 aromatic heterocycles. The molecule has 0 aromatic carbocycles. The summed E-state index contributed by atoms with van der Waals surface area (Å²) in [6.45, 7) is 9.22. The number of hydrogen-bond donors (Lipinski definition) is 1. The highest BCUT2D eigenvalue weighted by atomic mass is 16.6. The first-order chi connectivity index (χ1) is 9.05. The second-order valence-electron chi connectivity index (χ2n) is 7.09. The van der Waals surface area contributed by atoms with Gasteiger partial charge in [-0.1, -0.05) is 0 Å². The molecule has 0 saturated carbocycles. The molecule has 20 heavy (non-hydrogen) atoms. The molecular weight excluding hydrogens is 254 g/mol. The van der Waals surface area contributed by atoms with Crippen molar-refractivity contribution < 1.29 is 14.6 Å². The van der Waals surface area contributed by atoms with Gasteiger partial charge in [-0.25, -0.2) is 0 Å². The van der Waals surface area contributed by atoms with Gasteiger partial charge in [-0.2, -0.15) is 0 Å². The van der Waals surface area contributed by atoms with Gasteiger partial charge in [0, 0.05) is 24.8 Å². The number of aliphatic hydroxyl groups is 1. The molecule has 1 aliphatic heterocycles. The zero-order valence-electron chi connectivity index (χ0n) is 13.3. The highest BCUT2D eigenvalue weighted by molar-refractivity contribution is 5.89. The molecular formula is C16H27NO3. The molecule has 4 heteroatoms. The van der Waals surface area contributed by atoms with Crippen LogP contribution in [0.15, 0.2) is 16.8 Å². The van der Waals surface area contributed by atoms with Crippen LogP contribution in [-0.4, -0.2) is 28.0 Å². The summed E-state index contributed by atoms with van der Waals surface area (Å²) < 4.78 is 5.26. The van der Waals surface area contributed by atoms with Gasteiger partial charge in [0.2, 0.25) is 0 Å². The lowest BCUT2D eigenvalue weighted by atomic mass is 9.96. The molecule has 0 atom stereocenters. The number of carbonyl (C=O) groups is 1. The fourth-order valence-corrected chi connectivity index (χ4v) is 2.18. The van der Waals surface area contributed by atoms with Crippen LogP contribution in [0.5, 0.6) is 0 Å². The van der Waals surface area contributed by atoms with Crippen LogP contribution in [0.1, 0.15) is 66.7 Å². The smallest absolute Gasteiger partial charge is 0.306 e. The Kier molecular flexibility index (Phi) is 5.51. The number of carbonyl (C=O) groups excluding carboxylic acids is 1. The van der Waals surface area contributed by atoms with E-state index in [-0.39, 0.29) is 5.97 Å². The van der Waals surface area contributed by atoms with Crippen molar-refractivity contribution in [1.29, 1.82) is 0 Å². The van der Waals surface area contributed by atoms with Gasteiger partial charge in [0.15, 0.2) is 0 Å². The van der Waals surface area contributed by atoms with Gasteiger partial charge in [0.05, 0.1) is 5.60 Å². The zero-order chi connectivity index (χ0) is 15.4. The lowest BCUT2D eigenvalue weighted by molar-refractivity contribution is -0.154. The van der Waals surface area contributed by atoms with Crippen LogP contribution in [0.2, 0.25) is 0 Å². The lowest BCUT2D eigenvalue weighted by Gasteiger charge is -2.19. The van der Waals surface area contributed by atoms with Crippen molar-refractivity contribution in [1.82, 2.24) is 0 Å². The predicted octanol–water partition coefficient (Wildman–Crippen LogP) is 3.39. The molecule has 0 aromatic rings. The quantitative estimate of drug-likeness (QED) is 0.759. The largest absolute Gasteiger partial charge is 0.460 e. The van der Waals surface area contributed by atoms with Crippen LogP contribution in [-0.2, 0) is 9.53 Å². The highest BCUT2D eigenvalue weighted by Gasteiger charge is 2.20. The topological polar surface area (TPSA) is 58.9 Å². The Morgan fingerprint density at radius 2 is 2.00 bits per heavy atom. The van der Waals surface area contributed by atoms with Gasteiger partial charge in [-0.15, -0.1) is 0 Å². The van der Waals surface area contributed by atoms with E-state index in [4.69, 9.17) is 4.74 Å². The lowest BCUT2D eigenvalue weighted by Crippen LogP contribution is -2.23. The van der Waals surface area contributed by atoms with E-state index in [9.17, 15) is 9.90 Å². The minimum absolute atomic E-state index is 0.152. The van der Waals surface area contributed by atoms with E-state index in [1.54, 1.807) is 13.8 Å². The molecule has 0 fully saturated rings. The van der Waals surface area contributed by atoms with Crippen LogP contribution >= 0.6 is 0 Å². The standard InChI is InChI=1S/C16H27NO3/c1-15(2,3)20-14(18)8-6-7-13-9-12(11-17-13)10-16(4,5)19/h11,19H,6-10H2,1-5H3. The summed E-state index contributed by atoms with van der Waals surface area (Å²) in [6, 6.07) is 0. The summed E-state index contributed by atoms with van der Waals surface area (Å²) in [5.74, 6) is -0.152. The molecule has 0 unspecified atom stereocenters. The fourth-order valence-electron chi connectivity index (χ4n) is 2.18. The van der Waals surface area contributed by atoms with Crippen LogP contribution in [0.25, 0.3) is 0 Å². The number of hydrogen-bond acceptors (Lipinski definition) is 4. The Balaban J connectivity index is 2.22. The third-order valence-corrected chi connectivity index (χ3v) is 2.79. The molecule has 0 aliphatic carbocycles. The molecule has 1 aliphatic rings. The maximum Gasteiger partial charge on any atom is 0.306 e. The van der Waals surface area contributed by atoms with E-state index < -0.39 is 11.2 Å². The fraction of sp³-hybridized carbons (Fsp3) is 0.750. The van der Waals surface area contributed by atoms with E-state index >= 15 is 0 Å². The predicted molar refractivity (Wildman–Crippen MR) is 80.7 cm³/mol. The van der Waals surface area contributed by atoms with Crippen LogP contribution in [0.4, 0.5) is 0 Å². The summed E-state index contributed by atoms with van der Waals surface area (Å²) in [5.41, 5.74) is 1.15. The molecule has 0 amide bonds. The Morgan fingerprint density at radius 3 is 2.55 bits per heavy atom.